The van der Waals surface area contributed by atoms with E-state index in [1.165, 1.54) is 0 Å². The Bertz CT molecular complexity index is 412. The number of amides is 1. The SMILES string of the molecule is COCCNC(=O)CN(C)c1ccc(I)cc1N. The molecule has 0 aliphatic carbocycles. The van der Waals surface area contributed by atoms with E-state index in [4.69, 9.17) is 10.5 Å². The minimum absolute atomic E-state index is 0.0486. The van der Waals surface area contributed by atoms with Crippen LogP contribution in [0.5, 0.6) is 0 Å². The Kier molecular flexibility index (Phi) is 6.20. The van der Waals surface area contributed by atoms with Gasteiger partial charge in [0.2, 0.25) is 5.91 Å². The molecule has 0 heterocycles. The molecule has 1 aromatic rings. The number of hydrogen-bond donors (Lipinski definition) is 2. The molecule has 1 aromatic carbocycles. The van der Waals surface area contributed by atoms with Crippen molar-refractivity contribution in [3.8, 4) is 0 Å². The first-order chi connectivity index (χ1) is 8.54. The molecule has 0 spiro atoms. The van der Waals surface area contributed by atoms with E-state index in [1.807, 2.05) is 30.1 Å². The topological polar surface area (TPSA) is 67.6 Å². The summed E-state index contributed by atoms with van der Waals surface area (Å²) in [4.78, 5) is 13.5. The lowest BCUT2D eigenvalue weighted by Crippen LogP contribution is -2.36. The number of carbonyl (C=O) groups excluding carboxylic acids is 1. The molecule has 0 unspecified atom stereocenters. The van der Waals surface area contributed by atoms with E-state index in [2.05, 4.69) is 27.9 Å². The molecule has 6 heteroatoms. The number of carbonyl (C=O) groups is 1. The predicted octanol–water partition coefficient (Wildman–Crippen LogP) is 1.07. The number of ether oxygens (including phenoxy) is 1. The number of nitrogen functional groups attached to an aromatic ring is 1. The molecule has 100 valence electrons. The molecular weight excluding hydrogens is 345 g/mol. The van der Waals surface area contributed by atoms with E-state index in [-0.39, 0.29) is 12.5 Å². The molecule has 0 aliphatic rings. The zero-order valence-electron chi connectivity index (χ0n) is 10.6. The van der Waals surface area contributed by atoms with Crippen molar-refractivity contribution in [2.75, 3.05) is 44.5 Å². The molecular formula is C12H18IN3O2. The van der Waals surface area contributed by atoms with Gasteiger partial charge in [0.15, 0.2) is 0 Å². The lowest BCUT2D eigenvalue weighted by atomic mass is 10.2. The number of methoxy groups -OCH3 is 1. The van der Waals surface area contributed by atoms with Crippen LogP contribution in [0.15, 0.2) is 18.2 Å². The first kappa shape index (κ1) is 15.0. The molecule has 0 saturated carbocycles. The van der Waals surface area contributed by atoms with Crippen LogP contribution in [0.4, 0.5) is 11.4 Å². The number of benzene rings is 1. The highest BCUT2D eigenvalue weighted by Crippen LogP contribution is 2.23. The average Bonchev–Trinajstić information content (AvgIpc) is 2.28. The summed E-state index contributed by atoms with van der Waals surface area (Å²) in [5.41, 5.74) is 7.46. The van der Waals surface area contributed by atoms with Crippen molar-refractivity contribution in [1.82, 2.24) is 5.32 Å². The van der Waals surface area contributed by atoms with Crippen molar-refractivity contribution < 1.29 is 9.53 Å². The third-order valence-electron chi connectivity index (χ3n) is 2.41. The molecule has 1 rings (SSSR count). The maximum Gasteiger partial charge on any atom is 0.239 e. The van der Waals surface area contributed by atoms with Gasteiger partial charge in [-0.15, -0.1) is 0 Å². The minimum atomic E-state index is -0.0486. The van der Waals surface area contributed by atoms with Crippen molar-refractivity contribution in [2.24, 2.45) is 0 Å². The Morgan fingerprint density at radius 1 is 1.56 bits per heavy atom. The molecule has 1 amide bonds. The van der Waals surface area contributed by atoms with Crippen LogP contribution in [0.25, 0.3) is 0 Å². The van der Waals surface area contributed by atoms with Crippen LogP contribution in [0, 0.1) is 3.57 Å². The quantitative estimate of drug-likeness (QED) is 0.451. The average molecular weight is 363 g/mol. The fourth-order valence-electron chi connectivity index (χ4n) is 1.52. The van der Waals surface area contributed by atoms with Gasteiger partial charge in [-0.2, -0.15) is 0 Å². The molecule has 0 aromatic heterocycles. The van der Waals surface area contributed by atoms with Gasteiger partial charge >= 0.3 is 0 Å². The van der Waals surface area contributed by atoms with Gasteiger partial charge in [-0.25, -0.2) is 0 Å². The van der Waals surface area contributed by atoms with Crippen molar-refractivity contribution in [3.05, 3.63) is 21.8 Å². The fraction of sp³-hybridized carbons (Fsp3) is 0.417. The van der Waals surface area contributed by atoms with E-state index in [1.54, 1.807) is 7.11 Å². The second kappa shape index (κ2) is 7.42. The number of nitrogens with two attached hydrogens (primary N) is 1. The zero-order chi connectivity index (χ0) is 13.5. The number of rotatable bonds is 6. The molecule has 0 saturated heterocycles. The largest absolute Gasteiger partial charge is 0.397 e. The number of likely N-dealkylation sites (N-methyl/N-ethyl adjacent to an activating group) is 1. The van der Waals surface area contributed by atoms with Crippen LogP contribution in [0.1, 0.15) is 0 Å². The maximum atomic E-state index is 11.6. The van der Waals surface area contributed by atoms with Gasteiger partial charge in [0.1, 0.15) is 0 Å². The number of anilines is 2. The van der Waals surface area contributed by atoms with E-state index in [9.17, 15) is 4.79 Å². The third kappa shape index (κ3) is 4.69. The van der Waals surface area contributed by atoms with Crippen molar-refractivity contribution >= 4 is 39.9 Å². The Labute approximate surface area is 121 Å². The lowest BCUT2D eigenvalue weighted by Gasteiger charge is -2.20. The minimum Gasteiger partial charge on any atom is -0.397 e. The normalized spacial score (nSPS) is 10.2. The van der Waals surface area contributed by atoms with Gasteiger partial charge in [-0.1, -0.05) is 0 Å². The summed E-state index contributed by atoms with van der Waals surface area (Å²) in [5, 5.41) is 2.77. The first-order valence-electron chi connectivity index (χ1n) is 5.56. The summed E-state index contributed by atoms with van der Waals surface area (Å²) in [6.45, 7) is 1.31. The van der Waals surface area contributed by atoms with Gasteiger partial charge in [-0.3, -0.25) is 4.79 Å². The standard InChI is InChI=1S/C12H18IN3O2/c1-16(8-12(17)15-5-6-18-2)11-4-3-9(13)7-10(11)14/h3-4,7H,5-6,8,14H2,1-2H3,(H,15,17). The third-order valence-corrected chi connectivity index (χ3v) is 3.08. The van der Waals surface area contributed by atoms with Gasteiger partial charge < -0.3 is 20.7 Å². The molecule has 3 N–H and O–H groups in total. The van der Waals surface area contributed by atoms with Gasteiger partial charge in [-0.05, 0) is 40.8 Å². The van der Waals surface area contributed by atoms with Gasteiger partial charge in [0.05, 0.1) is 24.5 Å². The predicted molar refractivity (Wildman–Crippen MR) is 81.7 cm³/mol. The smallest absolute Gasteiger partial charge is 0.239 e. The molecule has 18 heavy (non-hydrogen) atoms. The summed E-state index contributed by atoms with van der Waals surface area (Å²) >= 11 is 2.20. The lowest BCUT2D eigenvalue weighted by molar-refractivity contribution is -0.119. The summed E-state index contributed by atoms with van der Waals surface area (Å²) < 4.78 is 5.94. The Hall–Kier alpha value is -1.02. The monoisotopic (exact) mass is 363 g/mol. The van der Waals surface area contributed by atoms with E-state index >= 15 is 0 Å². The highest BCUT2D eigenvalue weighted by Gasteiger charge is 2.09. The van der Waals surface area contributed by atoms with Crippen LogP contribution in [-0.4, -0.2) is 39.8 Å². The molecule has 5 nitrogen and oxygen atoms in total. The van der Waals surface area contributed by atoms with E-state index in [0.29, 0.717) is 18.8 Å². The summed E-state index contributed by atoms with van der Waals surface area (Å²) in [6.07, 6.45) is 0. The number of hydrogen-bond acceptors (Lipinski definition) is 4. The second-order valence-electron chi connectivity index (χ2n) is 3.90. The van der Waals surface area contributed by atoms with Crippen LogP contribution in [0.3, 0.4) is 0 Å². The van der Waals surface area contributed by atoms with E-state index in [0.717, 1.165) is 9.26 Å². The molecule has 0 atom stereocenters. The molecule has 0 fully saturated rings. The van der Waals surface area contributed by atoms with Crippen LogP contribution < -0.4 is 16.0 Å². The van der Waals surface area contributed by atoms with Crippen LogP contribution in [0.2, 0.25) is 0 Å². The highest BCUT2D eigenvalue weighted by molar-refractivity contribution is 14.1. The maximum absolute atomic E-state index is 11.6. The Balaban J connectivity index is 2.54. The van der Waals surface area contributed by atoms with Crippen LogP contribution in [-0.2, 0) is 9.53 Å². The van der Waals surface area contributed by atoms with Crippen molar-refractivity contribution in [2.45, 2.75) is 0 Å². The van der Waals surface area contributed by atoms with Crippen molar-refractivity contribution in [3.63, 3.8) is 0 Å². The molecule has 0 bridgehead atoms. The Morgan fingerprint density at radius 3 is 2.89 bits per heavy atom. The number of halogens is 1. The summed E-state index contributed by atoms with van der Waals surface area (Å²) in [5.74, 6) is -0.0486. The van der Waals surface area contributed by atoms with Crippen molar-refractivity contribution in [1.29, 1.82) is 0 Å². The van der Waals surface area contributed by atoms with Gasteiger partial charge in [0, 0.05) is 24.3 Å². The van der Waals surface area contributed by atoms with Crippen LogP contribution >= 0.6 is 22.6 Å². The highest BCUT2D eigenvalue weighted by atomic mass is 127. The molecule has 0 aliphatic heterocycles. The van der Waals surface area contributed by atoms with E-state index < -0.39 is 0 Å². The number of nitrogens with one attached hydrogen (secondary N) is 1. The number of nitrogens with zero attached hydrogens (tertiary/aromatic N) is 1. The second-order valence-corrected chi connectivity index (χ2v) is 5.15. The summed E-state index contributed by atoms with van der Waals surface area (Å²) in [7, 11) is 3.44. The summed E-state index contributed by atoms with van der Waals surface area (Å²) in [6, 6.07) is 5.76. The fourth-order valence-corrected chi connectivity index (χ4v) is 2.04. The first-order valence-corrected chi connectivity index (χ1v) is 6.64. The Morgan fingerprint density at radius 2 is 2.28 bits per heavy atom. The zero-order valence-corrected chi connectivity index (χ0v) is 12.7. The van der Waals surface area contributed by atoms with Gasteiger partial charge in [0.25, 0.3) is 0 Å². The molecule has 0 radical (unpaired) electrons.